The lowest BCUT2D eigenvalue weighted by atomic mass is 9.95. The standard InChI is InChI=1S/C18H23NO4/c1-10(2)13-8-14-12(9-23-15(14)6-11(13)3)7-16(20)19-18(4,5)17(21)22/h6,8-10H,7H2,1-5H3,(H,19,20)(H,21,22). The number of amides is 1. The summed E-state index contributed by atoms with van der Waals surface area (Å²) in [7, 11) is 0. The Morgan fingerprint density at radius 2 is 1.96 bits per heavy atom. The molecule has 1 heterocycles. The van der Waals surface area contributed by atoms with Gasteiger partial charge in [-0.1, -0.05) is 13.8 Å². The number of aliphatic carboxylic acids is 1. The summed E-state index contributed by atoms with van der Waals surface area (Å²) in [5, 5.41) is 12.5. The zero-order valence-electron chi connectivity index (χ0n) is 14.2. The molecule has 1 aromatic heterocycles. The van der Waals surface area contributed by atoms with E-state index in [4.69, 9.17) is 9.52 Å². The summed E-state index contributed by atoms with van der Waals surface area (Å²) in [4.78, 5) is 23.2. The van der Waals surface area contributed by atoms with Crippen molar-refractivity contribution in [3.63, 3.8) is 0 Å². The van der Waals surface area contributed by atoms with Crippen molar-refractivity contribution < 1.29 is 19.1 Å². The number of carboxylic acids is 1. The first-order valence-corrected chi connectivity index (χ1v) is 7.67. The van der Waals surface area contributed by atoms with Gasteiger partial charge in [0.15, 0.2) is 0 Å². The molecule has 5 nitrogen and oxygen atoms in total. The minimum atomic E-state index is -1.30. The van der Waals surface area contributed by atoms with E-state index in [1.165, 1.54) is 19.4 Å². The topological polar surface area (TPSA) is 79.5 Å². The van der Waals surface area contributed by atoms with Gasteiger partial charge in [-0.25, -0.2) is 4.79 Å². The highest BCUT2D eigenvalue weighted by Gasteiger charge is 2.29. The fourth-order valence-electron chi connectivity index (χ4n) is 2.62. The average molecular weight is 317 g/mol. The molecule has 0 aliphatic heterocycles. The van der Waals surface area contributed by atoms with E-state index >= 15 is 0 Å². The highest BCUT2D eigenvalue weighted by molar-refractivity contribution is 5.91. The molecular formula is C18H23NO4. The molecule has 0 fully saturated rings. The molecule has 124 valence electrons. The molecule has 0 aliphatic carbocycles. The number of hydrogen-bond acceptors (Lipinski definition) is 3. The van der Waals surface area contributed by atoms with Crippen molar-refractivity contribution in [3.05, 3.63) is 35.1 Å². The van der Waals surface area contributed by atoms with Gasteiger partial charge in [0, 0.05) is 10.9 Å². The van der Waals surface area contributed by atoms with Crippen molar-refractivity contribution in [1.29, 1.82) is 0 Å². The van der Waals surface area contributed by atoms with Gasteiger partial charge in [-0.3, -0.25) is 4.79 Å². The Bertz CT molecular complexity index is 756. The van der Waals surface area contributed by atoms with Gasteiger partial charge in [-0.2, -0.15) is 0 Å². The van der Waals surface area contributed by atoms with E-state index in [9.17, 15) is 9.59 Å². The first-order chi connectivity index (χ1) is 10.6. The molecule has 0 atom stereocenters. The molecule has 2 aromatic rings. The normalized spacial score (nSPS) is 11.9. The number of furan rings is 1. The lowest BCUT2D eigenvalue weighted by Crippen LogP contribution is -2.50. The molecular weight excluding hydrogens is 294 g/mol. The zero-order valence-corrected chi connectivity index (χ0v) is 14.2. The van der Waals surface area contributed by atoms with Gasteiger partial charge in [-0.15, -0.1) is 0 Å². The number of fused-ring (bicyclic) bond motifs is 1. The van der Waals surface area contributed by atoms with Crippen LogP contribution in [0.3, 0.4) is 0 Å². The molecule has 0 saturated carbocycles. The van der Waals surface area contributed by atoms with Crippen LogP contribution in [0.15, 0.2) is 22.8 Å². The average Bonchev–Trinajstić information content (AvgIpc) is 2.78. The number of carbonyl (C=O) groups excluding carboxylic acids is 1. The molecule has 0 radical (unpaired) electrons. The van der Waals surface area contributed by atoms with E-state index < -0.39 is 11.5 Å². The Labute approximate surface area is 135 Å². The summed E-state index contributed by atoms with van der Waals surface area (Å²) in [6.07, 6.45) is 1.66. The van der Waals surface area contributed by atoms with Gasteiger partial charge >= 0.3 is 5.97 Å². The third-order valence-corrected chi connectivity index (χ3v) is 4.00. The second kappa shape index (κ2) is 6.07. The van der Waals surface area contributed by atoms with Gasteiger partial charge in [0.1, 0.15) is 11.1 Å². The van der Waals surface area contributed by atoms with Crippen LogP contribution in [0.5, 0.6) is 0 Å². The Morgan fingerprint density at radius 3 is 2.52 bits per heavy atom. The van der Waals surface area contributed by atoms with Crippen LogP contribution >= 0.6 is 0 Å². The Morgan fingerprint density at radius 1 is 1.30 bits per heavy atom. The number of carbonyl (C=O) groups is 2. The molecule has 1 amide bonds. The van der Waals surface area contributed by atoms with Crippen molar-refractivity contribution in [3.8, 4) is 0 Å². The van der Waals surface area contributed by atoms with Crippen LogP contribution in [-0.2, 0) is 16.0 Å². The second-order valence-electron chi connectivity index (χ2n) is 6.78. The van der Waals surface area contributed by atoms with Gasteiger partial charge in [0.2, 0.25) is 5.91 Å². The van der Waals surface area contributed by atoms with E-state index in [2.05, 4.69) is 25.2 Å². The van der Waals surface area contributed by atoms with Gasteiger partial charge in [-0.05, 0) is 49.9 Å². The third kappa shape index (κ3) is 3.55. The maximum Gasteiger partial charge on any atom is 0.328 e. The lowest BCUT2D eigenvalue weighted by molar-refractivity contribution is -0.145. The Balaban J connectivity index is 2.29. The fourth-order valence-corrected chi connectivity index (χ4v) is 2.62. The van der Waals surface area contributed by atoms with Crippen molar-refractivity contribution in [1.82, 2.24) is 5.32 Å². The van der Waals surface area contributed by atoms with Gasteiger partial charge in [0.05, 0.1) is 12.7 Å². The maximum absolute atomic E-state index is 12.1. The molecule has 23 heavy (non-hydrogen) atoms. The van der Waals surface area contributed by atoms with Crippen LogP contribution in [0.2, 0.25) is 0 Å². The second-order valence-corrected chi connectivity index (χ2v) is 6.78. The van der Waals surface area contributed by atoms with Crippen LogP contribution in [-0.4, -0.2) is 22.5 Å². The Kier molecular flexibility index (Phi) is 4.50. The summed E-state index contributed by atoms with van der Waals surface area (Å²) < 4.78 is 5.55. The SMILES string of the molecule is Cc1cc2occ(CC(=O)NC(C)(C)C(=O)O)c2cc1C(C)C. The molecule has 1 aromatic carbocycles. The number of hydrogen-bond donors (Lipinski definition) is 2. The van der Waals surface area contributed by atoms with Gasteiger partial charge < -0.3 is 14.8 Å². The molecule has 2 N–H and O–H groups in total. The predicted octanol–water partition coefficient (Wildman–Crippen LogP) is 3.39. The first kappa shape index (κ1) is 17.1. The number of rotatable bonds is 5. The summed E-state index contributed by atoms with van der Waals surface area (Å²) in [6, 6.07) is 4.04. The van der Waals surface area contributed by atoms with E-state index in [0.29, 0.717) is 5.92 Å². The number of benzene rings is 1. The molecule has 2 rings (SSSR count). The third-order valence-electron chi connectivity index (χ3n) is 4.00. The molecule has 0 bridgehead atoms. The summed E-state index contributed by atoms with van der Waals surface area (Å²) in [5.41, 5.74) is 2.58. The van der Waals surface area contributed by atoms with E-state index in [0.717, 1.165) is 22.1 Å². The van der Waals surface area contributed by atoms with Crippen molar-refractivity contribution in [2.24, 2.45) is 0 Å². The van der Waals surface area contributed by atoms with E-state index in [1.54, 1.807) is 6.26 Å². The van der Waals surface area contributed by atoms with Gasteiger partial charge in [0.25, 0.3) is 0 Å². The molecule has 5 heteroatoms. The fraction of sp³-hybridized carbons (Fsp3) is 0.444. The first-order valence-electron chi connectivity index (χ1n) is 7.67. The van der Waals surface area contributed by atoms with Crippen molar-refractivity contribution in [2.45, 2.75) is 52.5 Å². The van der Waals surface area contributed by atoms with Crippen LogP contribution in [0.4, 0.5) is 0 Å². The largest absolute Gasteiger partial charge is 0.480 e. The maximum atomic E-state index is 12.1. The summed E-state index contributed by atoms with van der Waals surface area (Å²) in [6.45, 7) is 9.20. The van der Waals surface area contributed by atoms with Crippen LogP contribution in [0, 0.1) is 6.92 Å². The van der Waals surface area contributed by atoms with Crippen molar-refractivity contribution in [2.75, 3.05) is 0 Å². The van der Waals surface area contributed by atoms with Crippen LogP contribution < -0.4 is 5.32 Å². The zero-order chi connectivity index (χ0) is 17.4. The monoisotopic (exact) mass is 317 g/mol. The van der Waals surface area contributed by atoms with Crippen molar-refractivity contribution >= 4 is 22.8 Å². The molecule has 0 aliphatic rings. The van der Waals surface area contributed by atoms with E-state index in [1.807, 2.05) is 13.0 Å². The molecule has 0 saturated heterocycles. The quantitative estimate of drug-likeness (QED) is 0.886. The Hall–Kier alpha value is -2.30. The minimum absolute atomic E-state index is 0.0876. The molecule has 0 unspecified atom stereocenters. The predicted molar refractivity (Wildman–Crippen MR) is 88.6 cm³/mol. The highest BCUT2D eigenvalue weighted by Crippen LogP contribution is 2.29. The van der Waals surface area contributed by atoms with Crippen LogP contribution in [0.1, 0.15) is 50.3 Å². The minimum Gasteiger partial charge on any atom is -0.480 e. The summed E-state index contributed by atoms with van der Waals surface area (Å²) >= 11 is 0. The van der Waals surface area contributed by atoms with Crippen LogP contribution in [0.25, 0.3) is 11.0 Å². The molecule has 0 spiro atoms. The number of carboxylic acid groups (broad SMARTS) is 1. The van der Waals surface area contributed by atoms with E-state index in [-0.39, 0.29) is 12.3 Å². The summed E-state index contributed by atoms with van der Waals surface area (Å²) in [5.74, 6) is -1.03. The number of nitrogens with one attached hydrogen (secondary N) is 1. The smallest absolute Gasteiger partial charge is 0.328 e. The number of aryl methyl sites for hydroxylation is 1. The lowest BCUT2D eigenvalue weighted by Gasteiger charge is -2.20. The highest BCUT2D eigenvalue weighted by atomic mass is 16.4.